The molecule has 1 atom stereocenters. The van der Waals surface area contributed by atoms with Crippen LogP contribution in [0.1, 0.15) is 23.7 Å². The van der Waals surface area contributed by atoms with Gasteiger partial charge in [-0.05, 0) is 112 Å². The third-order valence-corrected chi connectivity index (χ3v) is 13.4. The van der Waals surface area contributed by atoms with Gasteiger partial charge in [0.15, 0.2) is 0 Å². The number of fused-ring (bicyclic) bond motifs is 8. The maximum Gasteiger partial charge on any atom is 0.137 e. The Morgan fingerprint density at radius 1 is 0.477 bits per heavy atom. The van der Waals surface area contributed by atoms with Crippen molar-refractivity contribution in [2.24, 2.45) is 0 Å². The van der Waals surface area contributed by atoms with Crippen molar-refractivity contribution in [2.45, 2.75) is 12.3 Å². The largest absolute Gasteiger partial charge is 0.327 e. The van der Waals surface area contributed by atoms with E-state index in [0.717, 1.165) is 28.3 Å². The van der Waals surface area contributed by atoms with E-state index >= 15 is 0 Å². The summed E-state index contributed by atoms with van der Waals surface area (Å²) in [5.41, 5.74) is 23.8. The van der Waals surface area contributed by atoms with Crippen LogP contribution in [-0.4, -0.2) is 14.1 Å². The number of benzene rings is 8. The van der Waals surface area contributed by atoms with E-state index in [1.54, 1.807) is 0 Å². The van der Waals surface area contributed by atoms with Gasteiger partial charge in [-0.1, -0.05) is 170 Å². The van der Waals surface area contributed by atoms with Crippen molar-refractivity contribution in [1.29, 1.82) is 0 Å². The summed E-state index contributed by atoms with van der Waals surface area (Å²) in [5.74, 6) is 0. The summed E-state index contributed by atoms with van der Waals surface area (Å²) in [4.78, 5) is 5.04. The van der Waals surface area contributed by atoms with Gasteiger partial charge in [-0.15, -0.1) is 0 Å². The molecule has 3 N–H and O–H groups in total. The summed E-state index contributed by atoms with van der Waals surface area (Å²) in [5, 5.41) is 3.69. The van der Waals surface area contributed by atoms with Crippen molar-refractivity contribution in [3.05, 3.63) is 259 Å². The molecule has 0 aliphatic heterocycles. The standard InChI is InChI=1S/C61H44N4/c1-2-3-28-55(62)61(56-29-16-17-40-63-56)50-25-13-10-22-47(50)58-51(61)38-39-54-59(58)49-24-12-14-26-52(49)64(54)45-34-30-41(31-35-45)42-32-36-46(37-33-42)65-53-27-15-11-23-48(53)57(43-18-6-4-7-19-43)60(65)44-20-8-5-9-21-44/h2-40H,62H2,1H3/p+1. The molecule has 1 aliphatic rings. The minimum absolute atomic E-state index is 0.650. The normalized spacial score (nSPS) is 14.7. The SMILES string of the molecule is CC=CC=C([NH3+])C1(c2ccccn2)c2ccccc2-c2c1ccc1c2c2ccccc2n1-c1ccc(-c2ccc(-n3c(-c4ccccc4)c(-c4ccccc4)c4ccccc43)cc2)cc1. The number of pyridine rings is 1. The Labute approximate surface area is 378 Å². The highest BCUT2D eigenvalue weighted by atomic mass is 15.0. The highest BCUT2D eigenvalue weighted by Gasteiger charge is 2.51. The molecule has 0 saturated heterocycles. The molecular formula is C61H45N4+. The molecule has 3 heterocycles. The van der Waals surface area contributed by atoms with Crippen molar-refractivity contribution in [3.63, 3.8) is 0 Å². The first kappa shape index (κ1) is 38.4. The van der Waals surface area contributed by atoms with Gasteiger partial charge in [0.25, 0.3) is 0 Å². The van der Waals surface area contributed by atoms with E-state index in [0.29, 0.717) is 0 Å². The van der Waals surface area contributed by atoms with Crippen molar-refractivity contribution in [1.82, 2.24) is 14.1 Å². The third kappa shape index (κ3) is 5.85. The van der Waals surface area contributed by atoms with E-state index in [2.05, 4.69) is 234 Å². The third-order valence-electron chi connectivity index (χ3n) is 13.4. The van der Waals surface area contributed by atoms with Crippen LogP contribution in [0.25, 0.3) is 88.7 Å². The Hall–Kier alpha value is -8.31. The van der Waals surface area contributed by atoms with E-state index in [1.807, 2.05) is 19.2 Å². The molecule has 4 heteroatoms. The lowest BCUT2D eigenvalue weighted by Crippen LogP contribution is -2.57. The average Bonchev–Trinajstić information content (AvgIpc) is 4.01. The number of allylic oxidation sites excluding steroid dienone is 4. The van der Waals surface area contributed by atoms with Crippen LogP contribution in [-0.2, 0) is 5.41 Å². The number of hydrogen-bond acceptors (Lipinski definition) is 1. The zero-order valence-electron chi connectivity index (χ0n) is 36.1. The molecule has 0 bridgehead atoms. The van der Waals surface area contributed by atoms with E-state index in [4.69, 9.17) is 10.7 Å². The zero-order chi connectivity index (χ0) is 43.5. The van der Waals surface area contributed by atoms with Crippen molar-refractivity contribution >= 4 is 32.7 Å². The summed E-state index contributed by atoms with van der Waals surface area (Å²) in [6, 6.07) is 76.9. The molecule has 1 aliphatic carbocycles. The monoisotopic (exact) mass is 833 g/mol. The molecule has 4 nitrogen and oxygen atoms in total. The Balaban J connectivity index is 0.980. The van der Waals surface area contributed by atoms with Gasteiger partial charge in [-0.2, -0.15) is 0 Å². The van der Waals surface area contributed by atoms with E-state index in [9.17, 15) is 0 Å². The Morgan fingerprint density at radius 3 is 1.74 bits per heavy atom. The van der Waals surface area contributed by atoms with Crippen LogP contribution < -0.4 is 5.73 Å². The minimum atomic E-state index is -0.650. The molecule has 0 radical (unpaired) electrons. The lowest BCUT2D eigenvalue weighted by atomic mass is 9.72. The maximum atomic E-state index is 5.04. The van der Waals surface area contributed by atoms with Gasteiger partial charge in [0.2, 0.25) is 0 Å². The zero-order valence-corrected chi connectivity index (χ0v) is 36.1. The number of rotatable bonds is 8. The molecule has 0 fully saturated rings. The van der Waals surface area contributed by atoms with Crippen molar-refractivity contribution in [3.8, 4) is 56.0 Å². The van der Waals surface area contributed by atoms with Crippen LogP contribution in [0.15, 0.2) is 242 Å². The molecule has 0 amide bonds. The quantitative estimate of drug-likeness (QED) is 0.152. The molecule has 8 aromatic carbocycles. The van der Waals surface area contributed by atoms with Crippen LogP contribution in [0.2, 0.25) is 0 Å². The number of aromatic nitrogens is 3. The molecule has 0 spiro atoms. The van der Waals surface area contributed by atoms with Crippen molar-refractivity contribution in [2.75, 3.05) is 0 Å². The van der Waals surface area contributed by atoms with Crippen LogP contribution in [0.5, 0.6) is 0 Å². The van der Waals surface area contributed by atoms with E-state index < -0.39 is 5.41 Å². The van der Waals surface area contributed by atoms with Gasteiger partial charge in [0.1, 0.15) is 11.1 Å². The highest BCUT2D eigenvalue weighted by molar-refractivity contribution is 6.18. The smallest absolute Gasteiger partial charge is 0.137 e. The highest BCUT2D eigenvalue weighted by Crippen LogP contribution is 2.57. The van der Waals surface area contributed by atoms with E-state index in [1.165, 1.54) is 82.9 Å². The number of nitrogens with zero attached hydrogens (tertiary/aromatic N) is 3. The second-order valence-corrected chi connectivity index (χ2v) is 16.9. The van der Waals surface area contributed by atoms with Crippen LogP contribution in [0.3, 0.4) is 0 Å². The minimum Gasteiger partial charge on any atom is -0.327 e. The summed E-state index contributed by atoms with van der Waals surface area (Å²) >= 11 is 0. The molecule has 11 aromatic rings. The fourth-order valence-electron chi connectivity index (χ4n) is 10.7. The Morgan fingerprint density at radius 2 is 1.06 bits per heavy atom. The fraction of sp³-hybridized carbons (Fsp3) is 0.0328. The fourth-order valence-corrected chi connectivity index (χ4v) is 10.7. The molecule has 308 valence electrons. The lowest BCUT2D eigenvalue weighted by Gasteiger charge is -2.29. The van der Waals surface area contributed by atoms with Gasteiger partial charge in [0.05, 0.1) is 27.9 Å². The van der Waals surface area contributed by atoms with Crippen LogP contribution in [0.4, 0.5) is 0 Å². The number of quaternary nitrogens is 1. The van der Waals surface area contributed by atoms with Gasteiger partial charge in [-0.3, -0.25) is 4.98 Å². The molecule has 3 aromatic heterocycles. The van der Waals surface area contributed by atoms with Crippen molar-refractivity contribution < 1.29 is 5.73 Å². The summed E-state index contributed by atoms with van der Waals surface area (Å²) in [6.07, 6.45) is 8.19. The molecule has 1 unspecified atom stereocenters. The topological polar surface area (TPSA) is 50.4 Å². The van der Waals surface area contributed by atoms with Gasteiger partial charge in [-0.25, -0.2) is 0 Å². The van der Waals surface area contributed by atoms with E-state index in [-0.39, 0.29) is 0 Å². The first-order valence-electron chi connectivity index (χ1n) is 22.4. The average molecular weight is 834 g/mol. The second kappa shape index (κ2) is 15.5. The summed E-state index contributed by atoms with van der Waals surface area (Å²) in [6.45, 7) is 2.05. The molecule has 0 saturated carbocycles. The first-order valence-corrected chi connectivity index (χ1v) is 22.4. The van der Waals surface area contributed by atoms with Gasteiger partial charge in [0, 0.05) is 39.3 Å². The number of hydrogen-bond donors (Lipinski definition) is 1. The lowest BCUT2D eigenvalue weighted by molar-refractivity contribution is -0.313. The summed E-state index contributed by atoms with van der Waals surface area (Å²) < 4.78 is 4.85. The predicted octanol–water partition coefficient (Wildman–Crippen LogP) is 14.1. The first-order chi connectivity index (χ1) is 32.2. The van der Waals surface area contributed by atoms with Gasteiger partial charge >= 0.3 is 0 Å². The molecule has 12 rings (SSSR count). The Kier molecular flexibility index (Phi) is 9.15. The van der Waals surface area contributed by atoms with Gasteiger partial charge < -0.3 is 14.9 Å². The summed E-state index contributed by atoms with van der Waals surface area (Å²) in [7, 11) is 0. The van der Waals surface area contributed by atoms with Crippen LogP contribution >= 0.6 is 0 Å². The maximum absolute atomic E-state index is 5.04. The number of para-hydroxylation sites is 2. The molecular weight excluding hydrogens is 789 g/mol. The molecule has 65 heavy (non-hydrogen) atoms. The van der Waals surface area contributed by atoms with Crippen LogP contribution in [0, 0.1) is 0 Å². The predicted molar refractivity (Wildman–Crippen MR) is 269 cm³/mol. The Bertz CT molecular complexity index is 3630. The second-order valence-electron chi connectivity index (χ2n) is 16.9.